The average Bonchev–Trinajstić information content (AvgIpc) is 2.53. The quantitative estimate of drug-likeness (QED) is 0.776. The maximum Gasteiger partial charge on any atom is 0.0725 e. The topological polar surface area (TPSA) is 15.6 Å². The maximum atomic E-state index is 5.08. The molecule has 1 aliphatic heterocycles. The van der Waals surface area contributed by atoms with E-state index in [0.717, 1.165) is 25.1 Å². The van der Waals surface area contributed by atoms with Crippen LogP contribution in [0.5, 0.6) is 0 Å². The third-order valence-corrected chi connectivity index (χ3v) is 4.27. The predicted octanol–water partition coefficient (Wildman–Crippen LogP) is 4.55. The Morgan fingerprint density at radius 2 is 1.67 bits per heavy atom. The van der Waals surface area contributed by atoms with Crippen LogP contribution in [0.15, 0.2) is 53.5 Å². The number of aliphatic imine (C=N–C) groups is 1. The third-order valence-electron chi connectivity index (χ3n) is 4.27. The Balaban J connectivity index is 0.00000144. The predicted molar refractivity (Wildman–Crippen MR) is 108 cm³/mol. The minimum absolute atomic E-state index is 0. The minimum Gasteiger partial charge on any atom is -0.309 e. The van der Waals surface area contributed by atoms with Crippen molar-refractivity contribution in [2.24, 2.45) is 4.99 Å². The summed E-state index contributed by atoms with van der Waals surface area (Å²) < 4.78 is 0. The van der Waals surface area contributed by atoms with Gasteiger partial charge in [-0.1, -0.05) is 54.1 Å². The van der Waals surface area contributed by atoms with Gasteiger partial charge in [-0.15, -0.1) is 24.8 Å². The molecular formula is C20H26Cl2N2. The van der Waals surface area contributed by atoms with Crippen molar-refractivity contribution in [1.29, 1.82) is 0 Å². The second-order valence-electron chi connectivity index (χ2n) is 6.45. The summed E-state index contributed by atoms with van der Waals surface area (Å²) in [7, 11) is 4.25. The van der Waals surface area contributed by atoms with Crippen LogP contribution in [0.3, 0.4) is 0 Å². The molecule has 2 aromatic rings. The molecule has 0 saturated carbocycles. The van der Waals surface area contributed by atoms with Crippen LogP contribution < -0.4 is 0 Å². The second-order valence-corrected chi connectivity index (χ2v) is 6.45. The van der Waals surface area contributed by atoms with E-state index in [1.165, 1.54) is 22.3 Å². The van der Waals surface area contributed by atoms with Crippen LogP contribution >= 0.6 is 24.8 Å². The van der Waals surface area contributed by atoms with Gasteiger partial charge in [-0.2, -0.15) is 0 Å². The largest absolute Gasteiger partial charge is 0.309 e. The molecule has 0 saturated heterocycles. The molecule has 1 aliphatic rings. The molecule has 0 radical (unpaired) electrons. The number of halogens is 2. The van der Waals surface area contributed by atoms with Crippen molar-refractivity contribution >= 4 is 30.5 Å². The Morgan fingerprint density at radius 1 is 1.00 bits per heavy atom. The molecular weight excluding hydrogens is 339 g/mol. The van der Waals surface area contributed by atoms with Gasteiger partial charge in [0.1, 0.15) is 0 Å². The van der Waals surface area contributed by atoms with E-state index in [0.29, 0.717) is 6.04 Å². The average molecular weight is 365 g/mol. The highest BCUT2D eigenvalue weighted by molar-refractivity contribution is 6.14. The lowest BCUT2D eigenvalue weighted by atomic mass is 9.89. The van der Waals surface area contributed by atoms with Crippen LogP contribution in [0, 0.1) is 6.92 Å². The second kappa shape index (κ2) is 9.22. The number of benzene rings is 2. The summed E-state index contributed by atoms with van der Waals surface area (Å²) in [6, 6.07) is 17.8. The zero-order chi connectivity index (χ0) is 15.5. The molecule has 2 aromatic carbocycles. The molecule has 1 heterocycles. The van der Waals surface area contributed by atoms with Crippen LogP contribution in [0.2, 0.25) is 0 Å². The summed E-state index contributed by atoms with van der Waals surface area (Å²) in [6.07, 6.45) is 2.16. The van der Waals surface area contributed by atoms with Gasteiger partial charge in [-0.3, -0.25) is 4.99 Å². The molecule has 24 heavy (non-hydrogen) atoms. The van der Waals surface area contributed by atoms with E-state index in [-0.39, 0.29) is 24.8 Å². The van der Waals surface area contributed by atoms with Crippen molar-refractivity contribution in [3.05, 3.63) is 70.8 Å². The van der Waals surface area contributed by atoms with E-state index in [1.807, 2.05) is 0 Å². The Kier molecular flexibility index (Phi) is 7.95. The first-order chi connectivity index (χ1) is 10.6. The van der Waals surface area contributed by atoms with Gasteiger partial charge in [0, 0.05) is 11.1 Å². The van der Waals surface area contributed by atoms with E-state index < -0.39 is 0 Å². The van der Waals surface area contributed by atoms with Gasteiger partial charge >= 0.3 is 0 Å². The van der Waals surface area contributed by atoms with Crippen LogP contribution in [0.1, 0.15) is 28.7 Å². The number of nitrogens with zero attached hydrogens (tertiary/aromatic N) is 2. The van der Waals surface area contributed by atoms with Gasteiger partial charge in [-0.05, 0) is 46.0 Å². The zero-order valence-corrected chi connectivity index (χ0v) is 16.2. The standard InChI is InChI=1S/C20H24N2.2ClH/c1-15-8-10-16(11-9-15)20-19-7-5-4-6-17(19)14-18(21-20)12-13-22(2)3;;/h4-11,18H,12-14H2,1-3H3;2*1H. The third kappa shape index (κ3) is 4.83. The molecule has 0 aromatic heterocycles. The summed E-state index contributed by atoms with van der Waals surface area (Å²) in [5.41, 5.74) is 6.40. The summed E-state index contributed by atoms with van der Waals surface area (Å²) >= 11 is 0. The Bertz CT molecular complexity index is 678. The minimum atomic E-state index is 0. The number of fused-ring (bicyclic) bond motifs is 1. The highest BCUT2D eigenvalue weighted by Gasteiger charge is 2.21. The first-order valence-electron chi connectivity index (χ1n) is 8.01. The lowest BCUT2D eigenvalue weighted by Gasteiger charge is -2.25. The molecule has 0 aliphatic carbocycles. The summed E-state index contributed by atoms with van der Waals surface area (Å²) in [5.74, 6) is 0. The Hall–Kier alpha value is -1.35. The maximum absolute atomic E-state index is 5.08. The number of rotatable bonds is 4. The molecule has 0 fully saturated rings. The molecule has 2 nitrogen and oxygen atoms in total. The Morgan fingerprint density at radius 3 is 2.33 bits per heavy atom. The van der Waals surface area contributed by atoms with Gasteiger partial charge in [0.05, 0.1) is 11.8 Å². The first kappa shape index (κ1) is 20.7. The van der Waals surface area contributed by atoms with Crippen LogP contribution in [-0.2, 0) is 6.42 Å². The molecule has 0 amide bonds. The van der Waals surface area contributed by atoms with Crippen LogP contribution in [0.4, 0.5) is 0 Å². The molecule has 1 unspecified atom stereocenters. The van der Waals surface area contributed by atoms with Crippen molar-refractivity contribution in [1.82, 2.24) is 4.90 Å². The molecule has 0 spiro atoms. The lowest BCUT2D eigenvalue weighted by Crippen LogP contribution is -2.25. The summed E-state index contributed by atoms with van der Waals surface area (Å²) in [4.78, 5) is 7.32. The summed E-state index contributed by atoms with van der Waals surface area (Å²) in [6.45, 7) is 3.21. The highest BCUT2D eigenvalue weighted by atomic mass is 35.5. The normalized spacial score (nSPS) is 15.8. The van der Waals surface area contributed by atoms with Crippen molar-refractivity contribution in [2.45, 2.75) is 25.8 Å². The Labute approximate surface area is 157 Å². The molecule has 0 N–H and O–H groups in total. The molecule has 4 heteroatoms. The van der Waals surface area contributed by atoms with Crippen LogP contribution in [-0.4, -0.2) is 37.3 Å². The van der Waals surface area contributed by atoms with Gasteiger partial charge < -0.3 is 4.90 Å². The fraction of sp³-hybridized carbons (Fsp3) is 0.350. The number of aryl methyl sites for hydroxylation is 1. The number of hydrogen-bond donors (Lipinski definition) is 0. The van der Waals surface area contributed by atoms with E-state index in [9.17, 15) is 0 Å². The number of hydrogen-bond acceptors (Lipinski definition) is 2. The molecule has 1 atom stereocenters. The fourth-order valence-electron chi connectivity index (χ4n) is 3.00. The first-order valence-corrected chi connectivity index (χ1v) is 8.01. The van der Waals surface area contributed by atoms with Crippen molar-refractivity contribution in [2.75, 3.05) is 20.6 Å². The van der Waals surface area contributed by atoms with E-state index in [4.69, 9.17) is 4.99 Å². The molecule has 0 bridgehead atoms. The van der Waals surface area contributed by atoms with Crippen molar-refractivity contribution in [3.8, 4) is 0 Å². The van der Waals surface area contributed by atoms with Gasteiger partial charge in [0.2, 0.25) is 0 Å². The monoisotopic (exact) mass is 364 g/mol. The lowest BCUT2D eigenvalue weighted by molar-refractivity contribution is 0.379. The van der Waals surface area contributed by atoms with Gasteiger partial charge in [0.15, 0.2) is 0 Å². The van der Waals surface area contributed by atoms with Crippen molar-refractivity contribution < 1.29 is 0 Å². The fourth-order valence-corrected chi connectivity index (χ4v) is 3.00. The SMILES string of the molecule is Cc1ccc(C2=NC(CCN(C)C)Cc3ccccc32)cc1.Cl.Cl. The van der Waals surface area contributed by atoms with E-state index >= 15 is 0 Å². The van der Waals surface area contributed by atoms with Gasteiger partial charge in [-0.25, -0.2) is 0 Å². The molecule has 3 rings (SSSR count). The summed E-state index contributed by atoms with van der Waals surface area (Å²) in [5, 5.41) is 0. The molecule has 130 valence electrons. The van der Waals surface area contributed by atoms with E-state index in [1.54, 1.807) is 0 Å². The van der Waals surface area contributed by atoms with E-state index in [2.05, 4.69) is 74.4 Å². The smallest absolute Gasteiger partial charge is 0.0725 e. The highest BCUT2D eigenvalue weighted by Crippen LogP contribution is 2.25. The van der Waals surface area contributed by atoms with Gasteiger partial charge in [0.25, 0.3) is 0 Å². The zero-order valence-electron chi connectivity index (χ0n) is 14.5. The van der Waals surface area contributed by atoms with Crippen LogP contribution in [0.25, 0.3) is 0 Å². The van der Waals surface area contributed by atoms with Crippen molar-refractivity contribution in [3.63, 3.8) is 0 Å².